The van der Waals surface area contributed by atoms with Gasteiger partial charge in [0.2, 0.25) is 5.75 Å². The van der Waals surface area contributed by atoms with Crippen LogP contribution in [0.25, 0.3) is 10.8 Å². The van der Waals surface area contributed by atoms with Crippen molar-refractivity contribution in [3.05, 3.63) is 22.4 Å². The quantitative estimate of drug-likeness (QED) is 0.370. The minimum Gasteiger partial charge on any atom is -0.492 e. The van der Waals surface area contributed by atoms with Crippen LogP contribution in [-0.2, 0) is 9.53 Å². The minimum absolute atomic E-state index is 0.198. The maximum Gasteiger partial charge on any atom is 0.305 e. The first-order valence-corrected chi connectivity index (χ1v) is 9.20. The SMILES string of the molecule is COC(=O)CCCCC#Cc1nccc2c(OC)c(OC)c(OC)c(Br)c12. The van der Waals surface area contributed by atoms with E-state index in [0.29, 0.717) is 40.3 Å². The maximum absolute atomic E-state index is 11.1. The second-order valence-electron chi connectivity index (χ2n) is 5.58. The summed E-state index contributed by atoms with van der Waals surface area (Å²) < 4.78 is 21.8. The molecule has 1 heterocycles. The number of hydrogen-bond acceptors (Lipinski definition) is 6. The summed E-state index contributed by atoms with van der Waals surface area (Å²) in [7, 11) is 6.10. The van der Waals surface area contributed by atoms with Crippen molar-refractivity contribution in [2.24, 2.45) is 0 Å². The Morgan fingerprint density at radius 3 is 2.41 bits per heavy atom. The molecule has 0 unspecified atom stereocenters. The molecule has 0 spiro atoms. The molecule has 0 aliphatic rings. The van der Waals surface area contributed by atoms with E-state index < -0.39 is 0 Å². The summed E-state index contributed by atoms with van der Waals surface area (Å²) in [6.45, 7) is 0. The van der Waals surface area contributed by atoms with E-state index in [1.165, 1.54) is 7.11 Å². The lowest BCUT2D eigenvalue weighted by atomic mass is 10.1. The van der Waals surface area contributed by atoms with Gasteiger partial charge in [0, 0.05) is 29.8 Å². The number of benzene rings is 1. The number of carbonyl (C=O) groups excluding carboxylic acids is 1. The molecule has 0 amide bonds. The molecule has 0 bridgehead atoms. The van der Waals surface area contributed by atoms with Crippen molar-refractivity contribution in [1.82, 2.24) is 4.98 Å². The predicted octanol–water partition coefficient (Wildman–Crippen LogP) is 4.11. The van der Waals surface area contributed by atoms with Crippen LogP contribution in [0.15, 0.2) is 16.7 Å². The van der Waals surface area contributed by atoms with Gasteiger partial charge in [-0.2, -0.15) is 0 Å². The molecule has 6 nitrogen and oxygen atoms in total. The fraction of sp³-hybridized carbons (Fsp3) is 0.400. The van der Waals surface area contributed by atoms with Crippen molar-refractivity contribution in [3.8, 4) is 29.1 Å². The molecule has 0 saturated carbocycles. The highest BCUT2D eigenvalue weighted by atomic mass is 79.9. The molecular formula is C20H22BrNO5. The number of ether oxygens (including phenoxy) is 4. The van der Waals surface area contributed by atoms with Crippen LogP contribution in [0.4, 0.5) is 0 Å². The second kappa shape index (κ2) is 10.0. The minimum atomic E-state index is -0.198. The van der Waals surface area contributed by atoms with Gasteiger partial charge in [0.25, 0.3) is 0 Å². The van der Waals surface area contributed by atoms with Crippen molar-refractivity contribution in [1.29, 1.82) is 0 Å². The number of nitrogens with zero attached hydrogens (tertiary/aromatic N) is 1. The molecule has 2 rings (SSSR count). The van der Waals surface area contributed by atoms with Gasteiger partial charge in [-0.05, 0) is 40.8 Å². The third-order valence-electron chi connectivity index (χ3n) is 4.01. The molecule has 1 aromatic heterocycles. The summed E-state index contributed by atoms with van der Waals surface area (Å²) >= 11 is 3.59. The largest absolute Gasteiger partial charge is 0.492 e. The van der Waals surface area contributed by atoms with E-state index in [9.17, 15) is 4.79 Å². The van der Waals surface area contributed by atoms with Gasteiger partial charge in [0.05, 0.1) is 32.9 Å². The summed E-state index contributed by atoms with van der Waals surface area (Å²) in [5.74, 6) is 7.63. The van der Waals surface area contributed by atoms with Crippen LogP contribution in [-0.4, -0.2) is 39.4 Å². The van der Waals surface area contributed by atoms with Crippen molar-refractivity contribution in [2.45, 2.75) is 25.7 Å². The lowest BCUT2D eigenvalue weighted by Gasteiger charge is -2.17. The molecule has 0 fully saturated rings. The highest BCUT2D eigenvalue weighted by Crippen LogP contribution is 2.49. The van der Waals surface area contributed by atoms with Crippen molar-refractivity contribution < 1.29 is 23.7 Å². The molecule has 2 aromatic rings. The number of hydrogen-bond donors (Lipinski definition) is 0. The van der Waals surface area contributed by atoms with Crippen LogP contribution in [0.2, 0.25) is 0 Å². The van der Waals surface area contributed by atoms with Gasteiger partial charge in [-0.15, -0.1) is 0 Å². The first-order chi connectivity index (χ1) is 13.1. The Morgan fingerprint density at radius 2 is 1.78 bits per heavy atom. The van der Waals surface area contributed by atoms with E-state index in [1.807, 2.05) is 6.07 Å². The molecule has 0 radical (unpaired) electrons. The first-order valence-electron chi connectivity index (χ1n) is 8.40. The van der Waals surface area contributed by atoms with Gasteiger partial charge >= 0.3 is 5.97 Å². The molecule has 0 saturated heterocycles. The summed E-state index contributed by atoms with van der Waals surface area (Å²) in [5.41, 5.74) is 0.617. The van der Waals surface area contributed by atoms with E-state index in [-0.39, 0.29) is 5.97 Å². The molecule has 0 atom stereocenters. The molecule has 144 valence electrons. The monoisotopic (exact) mass is 435 g/mol. The Morgan fingerprint density at radius 1 is 1.07 bits per heavy atom. The number of carbonyl (C=O) groups is 1. The number of rotatable bonds is 7. The zero-order valence-electron chi connectivity index (χ0n) is 15.8. The van der Waals surface area contributed by atoms with Crippen LogP contribution in [0, 0.1) is 11.8 Å². The van der Waals surface area contributed by atoms with E-state index in [0.717, 1.165) is 23.6 Å². The Hall–Kier alpha value is -2.46. The fourth-order valence-electron chi connectivity index (χ4n) is 2.71. The van der Waals surface area contributed by atoms with E-state index in [2.05, 4.69) is 37.5 Å². The molecule has 0 aliphatic carbocycles. The smallest absolute Gasteiger partial charge is 0.305 e. The van der Waals surface area contributed by atoms with Gasteiger partial charge in [-0.3, -0.25) is 4.79 Å². The van der Waals surface area contributed by atoms with Crippen molar-refractivity contribution in [3.63, 3.8) is 0 Å². The Balaban J connectivity index is 2.37. The summed E-state index contributed by atoms with van der Waals surface area (Å²) in [6.07, 6.45) is 4.31. The Labute approximate surface area is 167 Å². The summed E-state index contributed by atoms with van der Waals surface area (Å²) in [6, 6.07) is 1.85. The normalized spacial score (nSPS) is 10.1. The highest BCUT2D eigenvalue weighted by Gasteiger charge is 2.22. The number of pyridine rings is 1. The molecule has 27 heavy (non-hydrogen) atoms. The fourth-order valence-corrected chi connectivity index (χ4v) is 3.45. The Bertz CT molecular complexity index is 886. The van der Waals surface area contributed by atoms with E-state index in [4.69, 9.17) is 14.2 Å². The standard InChI is InChI=1S/C20H22BrNO5/c1-24-15(23)10-8-6-5-7-9-14-16-13(11-12-22-14)18(25-2)20(27-4)19(26-3)17(16)21/h11-12H,5-6,8,10H2,1-4H3. The molecular weight excluding hydrogens is 414 g/mol. The zero-order chi connectivity index (χ0) is 19.8. The van der Waals surface area contributed by atoms with Crippen molar-refractivity contribution >= 4 is 32.7 Å². The zero-order valence-corrected chi connectivity index (χ0v) is 17.4. The molecule has 7 heteroatoms. The third kappa shape index (κ3) is 4.64. The number of unbranched alkanes of at least 4 members (excludes halogenated alkanes) is 2. The summed E-state index contributed by atoms with van der Waals surface area (Å²) in [4.78, 5) is 15.5. The van der Waals surface area contributed by atoms with Gasteiger partial charge in [-0.25, -0.2) is 4.98 Å². The van der Waals surface area contributed by atoms with Crippen LogP contribution < -0.4 is 14.2 Å². The topological polar surface area (TPSA) is 66.9 Å². The van der Waals surface area contributed by atoms with Crippen LogP contribution in [0.1, 0.15) is 31.4 Å². The Kier molecular flexibility index (Phi) is 7.74. The van der Waals surface area contributed by atoms with Gasteiger partial charge in [-0.1, -0.05) is 5.92 Å². The van der Waals surface area contributed by atoms with Crippen LogP contribution >= 0.6 is 15.9 Å². The number of methoxy groups -OCH3 is 4. The van der Waals surface area contributed by atoms with Gasteiger partial charge in [0.1, 0.15) is 5.69 Å². The second-order valence-corrected chi connectivity index (χ2v) is 6.37. The number of fused-ring (bicyclic) bond motifs is 1. The third-order valence-corrected chi connectivity index (χ3v) is 4.76. The van der Waals surface area contributed by atoms with Gasteiger partial charge in [0.15, 0.2) is 11.5 Å². The van der Waals surface area contributed by atoms with Crippen LogP contribution in [0.5, 0.6) is 17.2 Å². The van der Waals surface area contributed by atoms with Crippen molar-refractivity contribution in [2.75, 3.05) is 28.4 Å². The molecule has 0 aliphatic heterocycles. The lowest BCUT2D eigenvalue weighted by molar-refractivity contribution is -0.140. The number of esters is 1. The summed E-state index contributed by atoms with van der Waals surface area (Å²) in [5, 5.41) is 1.63. The number of halogens is 1. The predicted molar refractivity (Wildman–Crippen MR) is 106 cm³/mol. The maximum atomic E-state index is 11.1. The lowest BCUT2D eigenvalue weighted by Crippen LogP contribution is -1.99. The van der Waals surface area contributed by atoms with E-state index in [1.54, 1.807) is 27.5 Å². The average molecular weight is 436 g/mol. The van der Waals surface area contributed by atoms with Gasteiger partial charge < -0.3 is 18.9 Å². The number of aromatic nitrogens is 1. The van der Waals surface area contributed by atoms with Crippen LogP contribution in [0.3, 0.4) is 0 Å². The molecule has 1 aromatic carbocycles. The average Bonchev–Trinajstić information content (AvgIpc) is 2.69. The molecule has 0 N–H and O–H groups in total. The highest BCUT2D eigenvalue weighted by molar-refractivity contribution is 9.10. The first kappa shape index (κ1) is 20.8. The van der Waals surface area contributed by atoms with E-state index >= 15 is 0 Å².